The average molecular weight is 304 g/mol. The van der Waals surface area contributed by atoms with Crippen LogP contribution in [0.4, 0.5) is 0 Å². The lowest BCUT2D eigenvalue weighted by atomic mass is 10.2. The second-order valence-electron chi connectivity index (χ2n) is 5.23. The van der Waals surface area contributed by atoms with E-state index in [1.807, 2.05) is 60.7 Å². The van der Waals surface area contributed by atoms with E-state index < -0.39 is 0 Å². The van der Waals surface area contributed by atoms with E-state index in [4.69, 9.17) is 0 Å². The van der Waals surface area contributed by atoms with E-state index in [1.54, 1.807) is 0 Å². The van der Waals surface area contributed by atoms with Crippen molar-refractivity contribution in [2.24, 2.45) is 0 Å². The van der Waals surface area contributed by atoms with Crippen LogP contribution >= 0.6 is 0 Å². The van der Waals surface area contributed by atoms with Crippen LogP contribution in [0.25, 0.3) is 6.08 Å². The van der Waals surface area contributed by atoms with E-state index in [-0.39, 0.29) is 0 Å². The molecule has 1 rings (SSSR count). The molecule has 0 aliphatic heterocycles. The zero-order chi connectivity index (χ0) is 16.4. The van der Waals surface area contributed by atoms with Gasteiger partial charge in [0.25, 0.3) is 0 Å². The lowest BCUT2D eigenvalue weighted by molar-refractivity contribution is 0.729. The van der Waals surface area contributed by atoms with Gasteiger partial charge in [0.05, 0.1) is 0 Å². The third kappa shape index (κ3) is 11.9. The standard InChI is InChI=1S/C23H28/c1-2-3-4-5-6-7-8-9-10-11-12-13-14-15-17-20-23-21-18-16-19-22-23/h6-22H,2-5H2,1H3/b7-6+,9-8+,11-10+,13-12+,15-14+,20-17+. The topological polar surface area (TPSA) is 0 Å². The van der Waals surface area contributed by atoms with Crippen LogP contribution in [0.3, 0.4) is 0 Å². The van der Waals surface area contributed by atoms with Crippen LogP contribution in [0.1, 0.15) is 38.2 Å². The smallest absolute Gasteiger partial charge is 0.0257 e. The lowest BCUT2D eigenvalue weighted by Crippen LogP contribution is -1.69. The Labute approximate surface area is 141 Å². The molecular weight excluding hydrogens is 276 g/mol. The first-order chi connectivity index (χ1) is 11.4. The molecule has 0 heteroatoms. The van der Waals surface area contributed by atoms with Crippen LogP contribution in [-0.4, -0.2) is 0 Å². The highest BCUT2D eigenvalue weighted by molar-refractivity contribution is 5.50. The number of allylic oxidation sites excluding steroid dienone is 11. The van der Waals surface area contributed by atoms with Crippen LogP contribution < -0.4 is 0 Å². The van der Waals surface area contributed by atoms with Gasteiger partial charge in [-0.1, -0.05) is 123 Å². The number of benzene rings is 1. The predicted molar refractivity (Wildman–Crippen MR) is 105 cm³/mol. The van der Waals surface area contributed by atoms with Crippen LogP contribution in [0.15, 0.2) is 97.2 Å². The SMILES string of the molecule is CCCCC/C=C/C=C/C=C/C=C/C=C/C=C/c1ccccc1. The van der Waals surface area contributed by atoms with E-state index in [1.165, 1.54) is 31.2 Å². The molecule has 0 nitrogen and oxygen atoms in total. The van der Waals surface area contributed by atoms with Gasteiger partial charge < -0.3 is 0 Å². The molecule has 0 aliphatic carbocycles. The predicted octanol–water partition coefficient (Wildman–Crippen LogP) is 7.06. The molecule has 1 aromatic rings. The Kier molecular flexibility index (Phi) is 11.9. The summed E-state index contributed by atoms with van der Waals surface area (Å²) in [5, 5.41) is 0. The molecule has 0 fully saturated rings. The highest BCUT2D eigenvalue weighted by Gasteiger charge is 1.80. The molecule has 0 saturated carbocycles. The first kappa shape index (κ1) is 18.7. The molecule has 0 spiro atoms. The molecule has 0 atom stereocenters. The van der Waals surface area contributed by atoms with Crippen LogP contribution in [0, 0.1) is 0 Å². The molecule has 0 N–H and O–H groups in total. The van der Waals surface area contributed by atoms with Crippen molar-refractivity contribution in [3.05, 3.63) is 103 Å². The molecule has 0 heterocycles. The summed E-state index contributed by atoms with van der Waals surface area (Å²) in [6.45, 7) is 2.23. The molecule has 0 bridgehead atoms. The van der Waals surface area contributed by atoms with Crippen LogP contribution in [0.2, 0.25) is 0 Å². The number of hydrogen-bond donors (Lipinski definition) is 0. The fourth-order valence-electron chi connectivity index (χ4n) is 1.93. The van der Waals surface area contributed by atoms with Crippen molar-refractivity contribution in [2.75, 3.05) is 0 Å². The van der Waals surface area contributed by atoms with Gasteiger partial charge in [0.2, 0.25) is 0 Å². The van der Waals surface area contributed by atoms with Gasteiger partial charge in [0.15, 0.2) is 0 Å². The van der Waals surface area contributed by atoms with Gasteiger partial charge in [-0.3, -0.25) is 0 Å². The van der Waals surface area contributed by atoms with Gasteiger partial charge in [-0.25, -0.2) is 0 Å². The van der Waals surface area contributed by atoms with Gasteiger partial charge in [-0.15, -0.1) is 0 Å². The zero-order valence-electron chi connectivity index (χ0n) is 14.1. The molecule has 23 heavy (non-hydrogen) atoms. The second kappa shape index (κ2) is 14.6. The maximum Gasteiger partial charge on any atom is -0.0257 e. The van der Waals surface area contributed by atoms with E-state index in [0.717, 1.165) is 0 Å². The molecule has 120 valence electrons. The minimum absolute atomic E-state index is 1.18. The van der Waals surface area contributed by atoms with Crippen molar-refractivity contribution >= 4 is 6.08 Å². The first-order valence-corrected chi connectivity index (χ1v) is 8.48. The molecule has 0 amide bonds. The van der Waals surface area contributed by atoms with Crippen LogP contribution in [0.5, 0.6) is 0 Å². The summed E-state index contributed by atoms with van der Waals surface area (Å²) in [4.78, 5) is 0. The zero-order valence-corrected chi connectivity index (χ0v) is 14.1. The maximum absolute atomic E-state index is 2.23. The van der Waals surface area contributed by atoms with Gasteiger partial charge in [-0.2, -0.15) is 0 Å². The Hall–Kier alpha value is -2.34. The summed E-state index contributed by atoms with van der Waals surface area (Å²) >= 11 is 0. The summed E-state index contributed by atoms with van der Waals surface area (Å²) in [6.07, 6.45) is 29.9. The Morgan fingerprint density at radius 1 is 0.652 bits per heavy atom. The highest BCUT2D eigenvalue weighted by atomic mass is 13.9. The molecule has 0 radical (unpaired) electrons. The third-order valence-corrected chi connectivity index (χ3v) is 3.20. The van der Waals surface area contributed by atoms with Crippen molar-refractivity contribution in [1.82, 2.24) is 0 Å². The highest BCUT2D eigenvalue weighted by Crippen LogP contribution is 2.01. The Bertz CT molecular complexity index is 551. The molecular formula is C23H28. The van der Waals surface area contributed by atoms with Crippen molar-refractivity contribution in [2.45, 2.75) is 32.6 Å². The quantitative estimate of drug-likeness (QED) is 0.320. The molecule has 0 aliphatic rings. The molecule has 1 aromatic carbocycles. The van der Waals surface area contributed by atoms with Crippen molar-refractivity contribution in [1.29, 1.82) is 0 Å². The van der Waals surface area contributed by atoms with E-state index in [0.29, 0.717) is 0 Å². The van der Waals surface area contributed by atoms with Crippen LogP contribution in [-0.2, 0) is 0 Å². The first-order valence-electron chi connectivity index (χ1n) is 8.48. The Morgan fingerprint density at radius 3 is 1.83 bits per heavy atom. The third-order valence-electron chi connectivity index (χ3n) is 3.20. The van der Waals surface area contributed by atoms with Crippen molar-refractivity contribution in [3.8, 4) is 0 Å². The second-order valence-corrected chi connectivity index (χ2v) is 5.23. The molecule has 0 saturated heterocycles. The van der Waals surface area contributed by atoms with Gasteiger partial charge in [0.1, 0.15) is 0 Å². The summed E-state index contributed by atoms with van der Waals surface area (Å²) in [7, 11) is 0. The molecule has 0 aromatic heterocycles. The van der Waals surface area contributed by atoms with Gasteiger partial charge >= 0.3 is 0 Å². The maximum atomic E-state index is 2.23. The minimum atomic E-state index is 1.18. The van der Waals surface area contributed by atoms with Gasteiger partial charge in [0, 0.05) is 0 Å². The molecule has 0 unspecified atom stereocenters. The van der Waals surface area contributed by atoms with E-state index >= 15 is 0 Å². The summed E-state index contributed by atoms with van der Waals surface area (Å²) in [6, 6.07) is 10.3. The van der Waals surface area contributed by atoms with Crippen molar-refractivity contribution < 1.29 is 0 Å². The Morgan fingerprint density at radius 2 is 1.22 bits per heavy atom. The Balaban J connectivity index is 2.15. The summed E-state index contributed by atoms with van der Waals surface area (Å²) < 4.78 is 0. The number of rotatable bonds is 10. The number of unbranched alkanes of at least 4 members (excludes halogenated alkanes) is 3. The normalized spacial score (nSPS) is 13.1. The van der Waals surface area contributed by atoms with E-state index in [9.17, 15) is 0 Å². The largest absolute Gasteiger partial charge is 0.0845 e. The van der Waals surface area contributed by atoms with Crippen molar-refractivity contribution in [3.63, 3.8) is 0 Å². The fourth-order valence-corrected chi connectivity index (χ4v) is 1.93. The average Bonchev–Trinajstić information content (AvgIpc) is 2.59. The fraction of sp³-hybridized carbons (Fsp3) is 0.217. The summed E-state index contributed by atoms with van der Waals surface area (Å²) in [5.74, 6) is 0. The summed E-state index contributed by atoms with van der Waals surface area (Å²) in [5.41, 5.74) is 1.22. The monoisotopic (exact) mass is 304 g/mol. The van der Waals surface area contributed by atoms with E-state index in [2.05, 4.69) is 49.4 Å². The van der Waals surface area contributed by atoms with Gasteiger partial charge in [-0.05, 0) is 18.4 Å². The number of hydrogen-bond acceptors (Lipinski definition) is 0. The lowest BCUT2D eigenvalue weighted by Gasteiger charge is -1.89. The minimum Gasteiger partial charge on any atom is -0.0845 e.